The van der Waals surface area contributed by atoms with E-state index in [4.69, 9.17) is 15.2 Å². The lowest BCUT2D eigenvalue weighted by atomic mass is 10.1. The van der Waals surface area contributed by atoms with Gasteiger partial charge in [0.25, 0.3) is 5.91 Å². The molecule has 0 radical (unpaired) electrons. The molecule has 27 heavy (non-hydrogen) atoms. The molecule has 3 rings (SSSR count). The molecule has 0 aliphatic carbocycles. The van der Waals surface area contributed by atoms with Crippen LogP contribution >= 0.6 is 27.3 Å². The maximum absolute atomic E-state index is 14.3. The Bertz CT molecular complexity index is 1030. The van der Waals surface area contributed by atoms with E-state index >= 15 is 0 Å². The lowest BCUT2D eigenvalue weighted by Crippen LogP contribution is -2.16. The fourth-order valence-electron chi connectivity index (χ4n) is 2.48. The smallest absolute Gasteiger partial charge is 0.254 e. The van der Waals surface area contributed by atoms with Gasteiger partial charge in [-0.25, -0.2) is 13.8 Å². The number of ether oxygens (including phenoxy) is 2. The molecular weight excluding hydrogens is 442 g/mol. The largest absolute Gasteiger partial charge is 0.493 e. The predicted molar refractivity (Wildman–Crippen MR) is 102 cm³/mol. The van der Waals surface area contributed by atoms with Gasteiger partial charge in [-0.15, -0.1) is 11.3 Å². The summed E-state index contributed by atoms with van der Waals surface area (Å²) in [6, 6.07) is 5.75. The number of rotatable bonds is 6. The van der Waals surface area contributed by atoms with Crippen molar-refractivity contribution in [2.24, 2.45) is 5.73 Å². The Morgan fingerprint density at radius 2 is 2.07 bits per heavy atom. The second-order valence-corrected chi connectivity index (χ2v) is 7.51. The number of aromatic nitrogens is 1. The molecule has 5 nitrogen and oxygen atoms in total. The summed E-state index contributed by atoms with van der Waals surface area (Å²) in [5.41, 5.74) is 4.92. The Morgan fingerprint density at radius 1 is 1.33 bits per heavy atom. The van der Waals surface area contributed by atoms with Crippen LogP contribution in [-0.2, 0) is 0 Å². The Labute approximate surface area is 166 Å². The predicted octanol–water partition coefficient (Wildman–Crippen LogP) is 4.97. The summed E-state index contributed by atoms with van der Waals surface area (Å²) in [5.74, 6) is -2.96. The van der Waals surface area contributed by atoms with Crippen LogP contribution in [0.4, 0.5) is 8.78 Å². The number of nitrogens with zero attached hydrogens (tertiary/aromatic N) is 1. The molecule has 0 spiro atoms. The van der Waals surface area contributed by atoms with Crippen LogP contribution in [0, 0.1) is 11.6 Å². The van der Waals surface area contributed by atoms with Crippen molar-refractivity contribution in [2.45, 2.75) is 20.0 Å². The van der Waals surface area contributed by atoms with E-state index in [0.717, 1.165) is 26.8 Å². The highest BCUT2D eigenvalue weighted by atomic mass is 79.9. The van der Waals surface area contributed by atoms with Crippen molar-refractivity contribution in [1.82, 2.24) is 4.98 Å². The average Bonchev–Trinajstić information content (AvgIpc) is 3.00. The van der Waals surface area contributed by atoms with Crippen molar-refractivity contribution in [3.8, 4) is 11.5 Å². The molecule has 1 amide bonds. The molecule has 0 bridgehead atoms. The molecule has 1 heterocycles. The number of thiazole rings is 1. The zero-order valence-electron chi connectivity index (χ0n) is 14.4. The van der Waals surface area contributed by atoms with Crippen molar-refractivity contribution in [1.29, 1.82) is 0 Å². The third kappa shape index (κ3) is 3.89. The number of amides is 1. The SMILES string of the molecule is CCOc1cc2nc(C(C)Oc3ccc(F)c(C(N)=O)c3F)sc2cc1Br. The minimum absolute atomic E-state index is 0.270. The summed E-state index contributed by atoms with van der Waals surface area (Å²) in [6.07, 6.45) is -0.627. The first-order valence-corrected chi connectivity index (χ1v) is 9.60. The van der Waals surface area contributed by atoms with Gasteiger partial charge in [0.05, 0.1) is 21.3 Å². The van der Waals surface area contributed by atoms with Gasteiger partial charge in [-0.1, -0.05) is 0 Å². The first kappa shape index (κ1) is 19.5. The normalized spacial score (nSPS) is 12.2. The molecule has 1 unspecified atom stereocenters. The fourth-order valence-corrected chi connectivity index (χ4v) is 4.06. The number of halogens is 3. The van der Waals surface area contributed by atoms with Gasteiger partial charge in [0, 0.05) is 6.07 Å². The number of hydrogen-bond acceptors (Lipinski definition) is 5. The summed E-state index contributed by atoms with van der Waals surface area (Å²) >= 11 is 4.83. The number of fused-ring (bicyclic) bond motifs is 1. The molecule has 0 saturated heterocycles. The van der Waals surface area contributed by atoms with E-state index in [1.54, 1.807) is 13.0 Å². The zero-order valence-corrected chi connectivity index (χ0v) is 16.8. The number of nitrogens with two attached hydrogens (primary N) is 1. The van der Waals surface area contributed by atoms with Gasteiger partial charge in [-0.2, -0.15) is 0 Å². The zero-order chi connectivity index (χ0) is 19.7. The van der Waals surface area contributed by atoms with E-state index in [9.17, 15) is 13.6 Å². The number of carbonyl (C=O) groups excluding carboxylic acids is 1. The minimum Gasteiger partial charge on any atom is -0.493 e. The summed E-state index contributed by atoms with van der Waals surface area (Å²) in [6.45, 7) is 4.09. The molecular formula is C18H15BrF2N2O3S. The fraction of sp³-hybridized carbons (Fsp3) is 0.222. The Morgan fingerprint density at radius 3 is 2.74 bits per heavy atom. The average molecular weight is 457 g/mol. The second kappa shape index (κ2) is 7.77. The molecule has 0 aliphatic heterocycles. The van der Waals surface area contributed by atoms with E-state index < -0.39 is 29.2 Å². The number of carbonyl (C=O) groups is 1. The first-order valence-electron chi connectivity index (χ1n) is 7.99. The van der Waals surface area contributed by atoms with Crippen molar-refractivity contribution >= 4 is 43.4 Å². The summed E-state index contributed by atoms with van der Waals surface area (Å²) in [4.78, 5) is 15.7. The molecule has 1 aromatic heterocycles. The van der Waals surface area contributed by atoms with Crippen LogP contribution < -0.4 is 15.2 Å². The molecule has 142 valence electrons. The standard InChI is InChI=1S/C18H15BrF2N2O3S/c1-3-25-13-7-11-14(6-9(13)19)27-18(23-11)8(2)26-12-5-4-10(20)15(16(12)21)17(22)24/h4-8H,3H2,1-2H3,(H2,22,24). The van der Waals surface area contributed by atoms with Crippen molar-refractivity contribution in [2.75, 3.05) is 6.61 Å². The van der Waals surface area contributed by atoms with Crippen molar-refractivity contribution < 1.29 is 23.0 Å². The second-order valence-electron chi connectivity index (χ2n) is 5.59. The number of primary amides is 1. The van der Waals surface area contributed by atoms with Crippen LogP contribution in [0.1, 0.15) is 35.3 Å². The first-order chi connectivity index (χ1) is 12.8. The molecule has 0 saturated carbocycles. The van der Waals surface area contributed by atoms with E-state index in [2.05, 4.69) is 20.9 Å². The highest BCUT2D eigenvalue weighted by Crippen LogP contribution is 2.36. The molecule has 2 aromatic carbocycles. The van der Waals surface area contributed by atoms with E-state index in [1.165, 1.54) is 11.3 Å². The Kier molecular flexibility index (Phi) is 5.61. The van der Waals surface area contributed by atoms with Crippen LogP contribution in [0.2, 0.25) is 0 Å². The molecule has 1 atom stereocenters. The third-order valence-electron chi connectivity index (χ3n) is 3.71. The summed E-state index contributed by atoms with van der Waals surface area (Å²) in [7, 11) is 0. The monoisotopic (exact) mass is 456 g/mol. The maximum atomic E-state index is 14.3. The number of hydrogen-bond donors (Lipinski definition) is 1. The molecule has 9 heteroatoms. The van der Waals surface area contributed by atoms with Gasteiger partial charge in [0.2, 0.25) is 0 Å². The topological polar surface area (TPSA) is 74.4 Å². The van der Waals surface area contributed by atoms with E-state index in [0.29, 0.717) is 17.4 Å². The van der Waals surface area contributed by atoms with E-state index in [-0.39, 0.29) is 5.75 Å². The summed E-state index contributed by atoms with van der Waals surface area (Å²) in [5, 5.41) is 0.592. The van der Waals surface area contributed by atoms with Crippen LogP contribution in [0.3, 0.4) is 0 Å². The van der Waals surface area contributed by atoms with Gasteiger partial charge < -0.3 is 15.2 Å². The molecule has 0 fully saturated rings. The molecule has 3 aromatic rings. The van der Waals surface area contributed by atoms with Crippen molar-refractivity contribution in [3.05, 3.63) is 50.9 Å². The van der Waals surface area contributed by atoms with Crippen LogP contribution in [0.25, 0.3) is 10.2 Å². The van der Waals surface area contributed by atoms with Crippen molar-refractivity contribution in [3.63, 3.8) is 0 Å². The summed E-state index contributed by atoms with van der Waals surface area (Å²) < 4.78 is 40.7. The number of benzene rings is 2. The van der Waals surface area contributed by atoms with Gasteiger partial charge >= 0.3 is 0 Å². The van der Waals surface area contributed by atoms with Gasteiger partial charge in [0.15, 0.2) is 11.6 Å². The lowest BCUT2D eigenvalue weighted by molar-refractivity contribution is 0.0990. The van der Waals surface area contributed by atoms with Gasteiger partial charge in [-0.3, -0.25) is 4.79 Å². The molecule has 0 aliphatic rings. The van der Waals surface area contributed by atoms with Gasteiger partial charge in [-0.05, 0) is 48.0 Å². The molecule has 2 N–H and O–H groups in total. The Balaban J connectivity index is 1.92. The van der Waals surface area contributed by atoms with Crippen LogP contribution in [0.15, 0.2) is 28.7 Å². The highest BCUT2D eigenvalue weighted by Gasteiger charge is 2.22. The highest BCUT2D eigenvalue weighted by molar-refractivity contribution is 9.10. The maximum Gasteiger partial charge on any atom is 0.254 e. The third-order valence-corrected chi connectivity index (χ3v) is 5.51. The lowest BCUT2D eigenvalue weighted by Gasteiger charge is -2.14. The quantitative estimate of drug-likeness (QED) is 0.567. The Hall–Kier alpha value is -2.26. The van der Waals surface area contributed by atoms with E-state index in [1.807, 2.05) is 13.0 Å². The minimum atomic E-state index is -1.20. The van der Waals surface area contributed by atoms with Crippen LogP contribution in [0.5, 0.6) is 11.5 Å². The van der Waals surface area contributed by atoms with Crippen LogP contribution in [-0.4, -0.2) is 17.5 Å². The van der Waals surface area contributed by atoms with Gasteiger partial charge in [0.1, 0.15) is 28.2 Å².